The molecule has 0 aliphatic carbocycles. The molecule has 3 nitrogen and oxygen atoms in total. The molecule has 0 fully saturated rings. The highest BCUT2D eigenvalue weighted by molar-refractivity contribution is 7.09. The van der Waals surface area contributed by atoms with Gasteiger partial charge in [0.15, 0.2) is 0 Å². The lowest BCUT2D eigenvalue weighted by Gasteiger charge is -2.24. The Morgan fingerprint density at radius 3 is 2.83 bits per heavy atom. The maximum absolute atomic E-state index is 8.96. The van der Waals surface area contributed by atoms with Crippen LogP contribution in [0, 0.1) is 11.3 Å². The molecule has 0 aliphatic heterocycles. The summed E-state index contributed by atoms with van der Waals surface area (Å²) in [5.74, 6) is 0. The van der Waals surface area contributed by atoms with Crippen molar-refractivity contribution in [2.45, 2.75) is 13.5 Å². The Bertz CT molecular complexity index is 555. The number of anilines is 2. The van der Waals surface area contributed by atoms with Crippen molar-refractivity contribution in [3.63, 3.8) is 0 Å². The van der Waals surface area contributed by atoms with Gasteiger partial charge in [0.1, 0.15) is 0 Å². The molecule has 4 heteroatoms. The number of nitrogens with two attached hydrogens (primary N) is 1. The molecular weight excluding hydrogens is 242 g/mol. The van der Waals surface area contributed by atoms with E-state index in [2.05, 4.69) is 29.3 Å². The predicted octanol–water partition coefficient (Wildman–Crippen LogP) is 3.23. The highest BCUT2D eigenvalue weighted by Crippen LogP contribution is 2.26. The second-order valence-corrected chi connectivity index (χ2v) is 5.01. The zero-order valence-electron chi connectivity index (χ0n) is 10.3. The number of hydrogen-bond acceptors (Lipinski definition) is 4. The average Bonchev–Trinajstić information content (AvgIpc) is 2.90. The monoisotopic (exact) mass is 257 g/mol. The van der Waals surface area contributed by atoms with Crippen LogP contribution in [0.25, 0.3) is 0 Å². The molecule has 0 bridgehead atoms. The minimum absolute atomic E-state index is 0.642. The lowest BCUT2D eigenvalue weighted by atomic mass is 10.1. The third-order valence-electron chi connectivity index (χ3n) is 2.81. The Morgan fingerprint density at radius 1 is 1.39 bits per heavy atom. The van der Waals surface area contributed by atoms with Crippen molar-refractivity contribution < 1.29 is 0 Å². The fourth-order valence-electron chi connectivity index (χ4n) is 1.85. The van der Waals surface area contributed by atoms with E-state index >= 15 is 0 Å². The molecule has 2 aromatic rings. The number of rotatable bonds is 4. The lowest BCUT2D eigenvalue weighted by molar-refractivity contribution is 0.844. The molecule has 0 atom stereocenters. The molecule has 2 rings (SSSR count). The second kappa shape index (κ2) is 5.56. The van der Waals surface area contributed by atoms with Crippen molar-refractivity contribution in [3.8, 4) is 6.07 Å². The number of thiophene rings is 1. The highest BCUT2D eigenvalue weighted by Gasteiger charge is 2.10. The summed E-state index contributed by atoms with van der Waals surface area (Å²) in [7, 11) is 0. The zero-order valence-corrected chi connectivity index (χ0v) is 11.1. The Hall–Kier alpha value is -1.99. The summed E-state index contributed by atoms with van der Waals surface area (Å²) in [6, 6.07) is 11.7. The van der Waals surface area contributed by atoms with E-state index in [9.17, 15) is 0 Å². The van der Waals surface area contributed by atoms with Crippen molar-refractivity contribution in [1.29, 1.82) is 5.26 Å². The quantitative estimate of drug-likeness (QED) is 0.855. The normalized spacial score (nSPS) is 10.0. The van der Waals surface area contributed by atoms with E-state index in [0.717, 1.165) is 18.8 Å². The van der Waals surface area contributed by atoms with E-state index in [1.165, 1.54) is 4.88 Å². The number of benzene rings is 1. The van der Waals surface area contributed by atoms with Crippen molar-refractivity contribution in [1.82, 2.24) is 0 Å². The molecule has 92 valence electrons. The van der Waals surface area contributed by atoms with Crippen LogP contribution in [0.4, 0.5) is 11.4 Å². The number of hydrogen-bond donors (Lipinski definition) is 1. The largest absolute Gasteiger partial charge is 0.397 e. The van der Waals surface area contributed by atoms with Crippen LogP contribution in [-0.4, -0.2) is 6.54 Å². The van der Waals surface area contributed by atoms with Crippen LogP contribution in [0.3, 0.4) is 0 Å². The van der Waals surface area contributed by atoms with Crippen LogP contribution < -0.4 is 10.6 Å². The molecular formula is C14H15N3S. The maximum Gasteiger partial charge on any atom is 0.0992 e. The summed E-state index contributed by atoms with van der Waals surface area (Å²) >= 11 is 1.73. The Kier molecular flexibility index (Phi) is 3.85. The lowest BCUT2D eigenvalue weighted by Crippen LogP contribution is -2.22. The van der Waals surface area contributed by atoms with Gasteiger partial charge < -0.3 is 10.6 Å². The van der Waals surface area contributed by atoms with Gasteiger partial charge in [-0.25, -0.2) is 0 Å². The van der Waals surface area contributed by atoms with Gasteiger partial charge in [0.2, 0.25) is 0 Å². The SMILES string of the molecule is CCN(Cc1cccs1)c1cc(C#N)ccc1N. The minimum Gasteiger partial charge on any atom is -0.397 e. The van der Waals surface area contributed by atoms with Crippen LogP contribution in [0.1, 0.15) is 17.4 Å². The molecule has 18 heavy (non-hydrogen) atoms. The zero-order chi connectivity index (χ0) is 13.0. The first-order valence-electron chi connectivity index (χ1n) is 5.81. The molecule has 1 heterocycles. The van der Waals surface area contributed by atoms with Crippen LogP contribution in [0.15, 0.2) is 35.7 Å². The summed E-state index contributed by atoms with van der Waals surface area (Å²) in [6.07, 6.45) is 0. The second-order valence-electron chi connectivity index (χ2n) is 3.98. The van der Waals surface area contributed by atoms with Gasteiger partial charge in [-0.1, -0.05) is 6.07 Å². The topological polar surface area (TPSA) is 53.0 Å². The van der Waals surface area contributed by atoms with Gasteiger partial charge in [-0.2, -0.15) is 5.26 Å². The minimum atomic E-state index is 0.642. The van der Waals surface area contributed by atoms with Gasteiger partial charge in [0.05, 0.1) is 29.6 Å². The van der Waals surface area contributed by atoms with E-state index in [0.29, 0.717) is 11.3 Å². The van der Waals surface area contributed by atoms with Gasteiger partial charge in [0, 0.05) is 11.4 Å². The Balaban J connectivity index is 2.29. The van der Waals surface area contributed by atoms with Crippen LogP contribution in [0.5, 0.6) is 0 Å². The van der Waals surface area contributed by atoms with E-state index in [4.69, 9.17) is 11.0 Å². The van der Waals surface area contributed by atoms with Crippen molar-refractivity contribution in [2.24, 2.45) is 0 Å². The van der Waals surface area contributed by atoms with Gasteiger partial charge in [-0.05, 0) is 36.6 Å². The summed E-state index contributed by atoms with van der Waals surface area (Å²) in [5.41, 5.74) is 8.29. The summed E-state index contributed by atoms with van der Waals surface area (Å²) in [5, 5.41) is 11.0. The first-order chi connectivity index (χ1) is 8.74. The standard InChI is InChI=1S/C14H15N3S/c1-2-17(10-12-4-3-7-18-12)14-8-11(9-15)5-6-13(14)16/h3-8H,2,10,16H2,1H3. The fraction of sp³-hybridized carbons (Fsp3) is 0.214. The van der Waals surface area contributed by atoms with E-state index < -0.39 is 0 Å². The highest BCUT2D eigenvalue weighted by atomic mass is 32.1. The van der Waals surface area contributed by atoms with Gasteiger partial charge in [-0.15, -0.1) is 11.3 Å². The van der Waals surface area contributed by atoms with Gasteiger partial charge in [0.25, 0.3) is 0 Å². The van der Waals surface area contributed by atoms with E-state index in [-0.39, 0.29) is 0 Å². The third kappa shape index (κ3) is 2.63. The Labute approximate surface area is 111 Å². The molecule has 0 saturated heterocycles. The molecule has 1 aromatic heterocycles. The van der Waals surface area contributed by atoms with Gasteiger partial charge >= 0.3 is 0 Å². The molecule has 0 saturated carbocycles. The average molecular weight is 257 g/mol. The predicted molar refractivity (Wildman–Crippen MR) is 76.6 cm³/mol. The molecule has 0 aliphatic rings. The third-order valence-corrected chi connectivity index (χ3v) is 3.67. The molecule has 0 unspecified atom stereocenters. The summed E-state index contributed by atoms with van der Waals surface area (Å²) in [4.78, 5) is 3.47. The van der Waals surface area contributed by atoms with Crippen LogP contribution in [0.2, 0.25) is 0 Å². The van der Waals surface area contributed by atoms with Crippen LogP contribution in [-0.2, 0) is 6.54 Å². The number of nitrogen functional groups attached to an aromatic ring is 1. The fourth-order valence-corrected chi connectivity index (χ4v) is 2.56. The van der Waals surface area contributed by atoms with Crippen molar-refractivity contribution >= 4 is 22.7 Å². The number of nitriles is 1. The first kappa shape index (κ1) is 12.5. The number of nitrogens with zero attached hydrogens (tertiary/aromatic N) is 2. The molecule has 2 N–H and O–H groups in total. The summed E-state index contributed by atoms with van der Waals surface area (Å²) in [6.45, 7) is 3.77. The van der Waals surface area contributed by atoms with Gasteiger partial charge in [-0.3, -0.25) is 0 Å². The first-order valence-corrected chi connectivity index (χ1v) is 6.69. The molecule has 0 amide bonds. The summed E-state index contributed by atoms with van der Waals surface area (Å²) < 4.78 is 0. The van der Waals surface area contributed by atoms with Crippen molar-refractivity contribution in [3.05, 3.63) is 46.2 Å². The van der Waals surface area contributed by atoms with E-state index in [1.807, 2.05) is 12.1 Å². The van der Waals surface area contributed by atoms with Crippen molar-refractivity contribution in [2.75, 3.05) is 17.2 Å². The molecule has 0 spiro atoms. The smallest absolute Gasteiger partial charge is 0.0992 e. The Morgan fingerprint density at radius 2 is 2.22 bits per heavy atom. The molecule has 0 radical (unpaired) electrons. The van der Waals surface area contributed by atoms with Crippen LogP contribution >= 0.6 is 11.3 Å². The molecule has 1 aromatic carbocycles. The van der Waals surface area contributed by atoms with E-state index in [1.54, 1.807) is 23.5 Å². The maximum atomic E-state index is 8.96.